The number of urea groups is 1. The smallest absolute Gasteiger partial charge is 0.338 e. The van der Waals surface area contributed by atoms with E-state index in [1.54, 1.807) is 19.1 Å². The third kappa shape index (κ3) is 4.58. The van der Waals surface area contributed by atoms with Crippen LogP contribution in [-0.2, 0) is 9.53 Å². The number of hydrogen-bond acceptors (Lipinski definition) is 3. The van der Waals surface area contributed by atoms with E-state index in [1.165, 1.54) is 19.3 Å². The molecule has 0 saturated heterocycles. The van der Waals surface area contributed by atoms with E-state index in [0.717, 1.165) is 31.2 Å². The first-order chi connectivity index (χ1) is 12.5. The second-order valence-corrected chi connectivity index (χ2v) is 7.43. The van der Waals surface area contributed by atoms with Crippen molar-refractivity contribution in [1.82, 2.24) is 10.6 Å². The number of rotatable bonds is 3. The lowest BCUT2D eigenvalue weighted by molar-refractivity contribution is -0.145. The molecular weight excluding hydrogens is 352 g/mol. The van der Waals surface area contributed by atoms with Crippen molar-refractivity contribution in [2.75, 3.05) is 0 Å². The number of halogens is 1. The molecule has 2 amide bonds. The summed E-state index contributed by atoms with van der Waals surface area (Å²) in [5.41, 5.74) is 1.78. The Labute approximate surface area is 159 Å². The van der Waals surface area contributed by atoms with Crippen LogP contribution >= 0.6 is 11.6 Å². The molecular formula is C20H25ClN2O3. The number of esters is 1. The first kappa shape index (κ1) is 18.8. The third-order valence-corrected chi connectivity index (χ3v) is 5.27. The molecule has 6 heteroatoms. The Morgan fingerprint density at radius 3 is 2.35 bits per heavy atom. The topological polar surface area (TPSA) is 67.4 Å². The van der Waals surface area contributed by atoms with E-state index < -0.39 is 6.04 Å². The highest BCUT2D eigenvalue weighted by atomic mass is 35.5. The lowest BCUT2D eigenvalue weighted by atomic mass is 9.95. The molecule has 26 heavy (non-hydrogen) atoms. The predicted octanol–water partition coefficient (Wildman–Crippen LogP) is 4.62. The van der Waals surface area contributed by atoms with Gasteiger partial charge in [0.15, 0.2) is 0 Å². The number of benzene rings is 1. The second-order valence-electron chi connectivity index (χ2n) is 6.99. The summed E-state index contributed by atoms with van der Waals surface area (Å²) in [4.78, 5) is 24.9. The van der Waals surface area contributed by atoms with E-state index in [1.807, 2.05) is 12.1 Å². The Balaban J connectivity index is 1.81. The zero-order chi connectivity index (χ0) is 18.5. The van der Waals surface area contributed by atoms with E-state index in [-0.39, 0.29) is 18.1 Å². The van der Waals surface area contributed by atoms with Crippen LogP contribution in [0.4, 0.5) is 4.79 Å². The molecule has 140 valence electrons. The number of carbonyl (C=O) groups is 2. The number of carbonyl (C=O) groups excluding carboxylic acids is 2. The molecule has 1 saturated carbocycles. The Kier molecular flexibility index (Phi) is 6.20. The molecule has 0 aromatic heterocycles. The van der Waals surface area contributed by atoms with Crippen molar-refractivity contribution < 1.29 is 14.3 Å². The average Bonchev–Trinajstić information content (AvgIpc) is 2.57. The Morgan fingerprint density at radius 2 is 1.69 bits per heavy atom. The van der Waals surface area contributed by atoms with Crippen LogP contribution in [0.2, 0.25) is 5.02 Å². The SMILES string of the molecule is CC1=C(C(=O)OC2CCCCCCC2)[C@@H](c2ccc(Cl)cc2)NC(=O)N1. The van der Waals surface area contributed by atoms with E-state index in [4.69, 9.17) is 16.3 Å². The van der Waals surface area contributed by atoms with E-state index in [2.05, 4.69) is 10.6 Å². The zero-order valence-corrected chi connectivity index (χ0v) is 15.8. The molecule has 2 N–H and O–H groups in total. The van der Waals surface area contributed by atoms with Gasteiger partial charge in [-0.25, -0.2) is 9.59 Å². The lowest BCUT2D eigenvalue weighted by Crippen LogP contribution is -2.45. The zero-order valence-electron chi connectivity index (χ0n) is 15.0. The molecule has 5 nitrogen and oxygen atoms in total. The monoisotopic (exact) mass is 376 g/mol. The number of allylic oxidation sites excluding steroid dienone is 1. The Morgan fingerprint density at radius 1 is 1.08 bits per heavy atom. The molecule has 2 aliphatic rings. The van der Waals surface area contributed by atoms with Gasteiger partial charge in [0.25, 0.3) is 0 Å². The molecule has 0 bridgehead atoms. The maximum atomic E-state index is 12.9. The van der Waals surface area contributed by atoms with Crippen molar-refractivity contribution in [3.05, 3.63) is 46.1 Å². The highest BCUT2D eigenvalue weighted by Gasteiger charge is 2.33. The molecule has 1 aliphatic carbocycles. The van der Waals surface area contributed by atoms with Gasteiger partial charge in [0, 0.05) is 10.7 Å². The third-order valence-electron chi connectivity index (χ3n) is 5.02. The minimum absolute atomic E-state index is 0.0494. The fourth-order valence-corrected chi connectivity index (χ4v) is 3.75. The van der Waals surface area contributed by atoms with Gasteiger partial charge in [0.05, 0.1) is 11.6 Å². The van der Waals surface area contributed by atoms with Crippen LogP contribution in [0.5, 0.6) is 0 Å². The van der Waals surface area contributed by atoms with Crippen molar-refractivity contribution in [2.45, 2.75) is 64.0 Å². The Hall–Kier alpha value is -2.01. The maximum absolute atomic E-state index is 12.9. The van der Waals surface area contributed by atoms with Gasteiger partial charge >= 0.3 is 12.0 Å². The van der Waals surface area contributed by atoms with Gasteiger partial charge in [-0.3, -0.25) is 0 Å². The van der Waals surface area contributed by atoms with Gasteiger partial charge in [-0.1, -0.05) is 43.0 Å². The largest absolute Gasteiger partial charge is 0.459 e. The minimum atomic E-state index is -0.540. The summed E-state index contributed by atoms with van der Waals surface area (Å²) < 4.78 is 5.83. The fraction of sp³-hybridized carbons (Fsp3) is 0.500. The molecule has 0 radical (unpaired) electrons. The van der Waals surface area contributed by atoms with Crippen LogP contribution in [0.15, 0.2) is 35.5 Å². The average molecular weight is 377 g/mol. The molecule has 0 unspecified atom stereocenters. The van der Waals surface area contributed by atoms with Crippen LogP contribution in [0, 0.1) is 0 Å². The number of hydrogen-bond donors (Lipinski definition) is 2. The van der Waals surface area contributed by atoms with Gasteiger partial charge in [0.1, 0.15) is 6.10 Å². The molecule has 1 heterocycles. The quantitative estimate of drug-likeness (QED) is 0.756. The molecule has 1 aromatic carbocycles. The summed E-state index contributed by atoms with van der Waals surface area (Å²) in [5, 5.41) is 6.11. The lowest BCUT2D eigenvalue weighted by Gasteiger charge is -2.29. The normalized spacial score (nSPS) is 22.1. The standard InChI is InChI=1S/C20H25ClN2O3/c1-13-17(19(24)26-16-7-5-3-2-4-6-8-16)18(23-20(25)22-13)14-9-11-15(21)12-10-14/h9-12,16,18H,2-8H2,1H3,(H2,22,23,25)/t18-/m1/s1. The van der Waals surface area contributed by atoms with Crippen LogP contribution in [0.3, 0.4) is 0 Å². The molecule has 0 spiro atoms. The van der Waals surface area contributed by atoms with Gasteiger partial charge in [-0.2, -0.15) is 0 Å². The van der Waals surface area contributed by atoms with Gasteiger partial charge in [0.2, 0.25) is 0 Å². The molecule has 3 rings (SSSR count). The van der Waals surface area contributed by atoms with Gasteiger partial charge in [-0.15, -0.1) is 0 Å². The summed E-state index contributed by atoms with van der Waals surface area (Å²) in [6.07, 6.45) is 7.59. The Bertz CT molecular complexity index is 692. The van der Waals surface area contributed by atoms with Crippen LogP contribution in [-0.4, -0.2) is 18.1 Å². The van der Waals surface area contributed by atoms with Crippen molar-refractivity contribution in [1.29, 1.82) is 0 Å². The molecule has 1 atom stereocenters. The molecule has 1 aromatic rings. The van der Waals surface area contributed by atoms with E-state index in [0.29, 0.717) is 16.3 Å². The molecule has 1 aliphatic heterocycles. The van der Waals surface area contributed by atoms with Crippen molar-refractivity contribution in [3.8, 4) is 0 Å². The fourth-order valence-electron chi connectivity index (χ4n) is 3.62. The first-order valence-electron chi connectivity index (χ1n) is 9.29. The van der Waals surface area contributed by atoms with Gasteiger partial charge in [-0.05, 0) is 50.3 Å². The molecule has 1 fully saturated rings. The summed E-state index contributed by atoms with van der Waals surface area (Å²) in [6, 6.07) is 6.26. The van der Waals surface area contributed by atoms with E-state index >= 15 is 0 Å². The van der Waals surface area contributed by atoms with Crippen LogP contribution in [0.25, 0.3) is 0 Å². The van der Waals surface area contributed by atoms with Crippen molar-refractivity contribution >= 4 is 23.6 Å². The number of ether oxygens (including phenoxy) is 1. The number of amides is 2. The highest BCUT2D eigenvalue weighted by Crippen LogP contribution is 2.30. The summed E-state index contributed by atoms with van der Waals surface area (Å²) in [5.74, 6) is -0.361. The van der Waals surface area contributed by atoms with Gasteiger partial charge < -0.3 is 15.4 Å². The second kappa shape index (κ2) is 8.58. The first-order valence-corrected chi connectivity index (χ1v) is 9.67. The number of nitrogens with one attached hydrogen (secondary N) is 2. The summed E-state index contributed by atoms with van der Waals surface area (Å²) >= 11 is 5.96. The minimum Gasteiger partial charge on any atom is -0.459 e. The van der Waals surface area contributed by atoms with E-state index in [9.17, 15) is 9.59 Å². The van der Waals surface area contributed by atoms with Crippen molar-refractivity contribution in [3.63, 3.8) is 0 Å². The van der Waals surface area contributed by atoms with Crippen LogP contribution in [0.1, 0.15) is 63.5 Å². The highest BCUT2D eigenvalue weighted by molar-refractivity contribution is 6.30. The summed E-state index contributed by atoms with van der Waals surface area (Å²) in [7, 11) is 0. The van der Waals surface area contributed by atoms with Crippen molar-refractivity contribution in [2.24, 2.45) is 0 Å². The predicted molar refractivity (Wildman–Crippen MR) is 101 cm³/mol. The van der Waals surface area contributed by atoms with Crippen LogP contribution < -0.4 is 10.6 Å². The maximum Gasteiger partial charge on any atom is 0.338 e. The summed E-state index contributed by atoms with van der Waals surface area (Å²) in [6.45, 7) is 1.73.